The Kier molecular flexibility index (Phi) is 6.25. The zero-order valence-electron chi connectivity index (χ0n) is 16.2. The summed E-state index contributed by atoms with van der Waals surface area (Å²) in [6, 6.07) is 5.92. The third-order valence-electron chi connectivity index (χ3n) is 4.88. The molecule has 30 heavy (non-hydrogen) atoms. The topological polar surface area (TPSA) is 76.5 Å². The molecule has 1 N–H and O–H groups in total. The van der Waals surface area contributed by atoms with Gasteiger partial charge in [0.05, 0.1) is 24.3 Å². The summed E-state index contributed by atoms with van der Waals surface area (Å²) in [6.07, 6.45) is -2.03. The number of aromatic nitrogens is 2. The van der Waals surface area contributed by atoms with E-state index in [9.17, 15) is 22.8 Å². The van der Waals surface area contributed by atoms with Gasteiger partial charge in [0.1, 0.15) is 5.69 Å². The number of hydrogen-bond donors (Lipinski definition) is 1. The van der Waals surface area contributed by atoms with E-state index in [1.54, 1.807) is 21.8 Å². The van der Waals surface area contributed by atoms with Crippen molar-refractivity contribution < 1.29 is 27.5 Å². The number of benzene rings is 1. The van der Waals surface area contributed by atoms with Crippen LogP contribution in [0.1, 0.15) is 27.7 Å². The van der Waals surface area contributed by atoms with Crippen molar-refractivity contribution in [2.45, 2.75) is 24.9 Å². The number of rotatable bonds is 6. The largest absolute Gasteiger partial charge is 0.416 e. The van der Waals surface area contributed by atoms with Gasteiger partial charge in [-0.3, -0.25) is 14.3 Å². The van der Waals surface area contributed by atoms with Crippen molar-refractivity contribution >= 4 is 11.8 Å². The van der Waals surface area contributed by atoms with Crippen molar-refractivity contribution in [2.24, 2.45) is 0 Å². The van der Waals surface area contributed by atoms with E-state index in [0.29, 0.717) is 12.1 Å². The van der Waals surface area contributed by atoms with E-state index in [0.717, 1.165) is 12.1 Å². The predicted molar refractivity (Wildman–Crippen MR) is 101 cm³/mol. The van der Waals surface area contributed by atoms with Gasteiger partial charge >= 0.3 is 6.18 Å². The van der Waals surface area contributed by atoms with E-state index in [4.69, 9.17) is 4.74 Å². The second-order valence-electron chi connectivity index (χ2n) is 6.82. The minimum atomic E-state index is -4.40. The lowest BCUT2D eigenvalue weighted by Crippen LogP contribution is -2.28. The van der Waals surface area contributed by atoms with E-state index < -0.39 is 17.8 Å². The Morgan fingerprint density at radius 3 is 2.57 bits per heavy atom. The van der Waals surface area contributed by atoms with Crippen LogP contribution in [0, 0.1) is 0 Å². The van der Waals surface area contributed by atoms with E-state index in [-0.39, 0.29) is 36.7 Å². The van der Waals surface area contributed by atoms with Crippen molar-refractivity contribution in [3.05, 3.63) is 66.0 Å². The fraction of sp³-hybridized carbons (Fsp3) is 0.350. The van der Waals surface area contributed by atoms with Crippen LogP contribution in [-0.2, 0) is 22.3 Å². The first-order chi connectivity index (χ1) is 14.2. The number of ether oxygens (including phenoxy) is 1. The van der Waals surface area contributed by atoms with Gasteiger partial charge in [0.2, 0.25) is 5.91 Å². The maximum absolute atomic E-state index is 12.7. The molecule has 2 atom stereocenters. The molecule has 10 heteroatoms. The molecular weight excluding hydrogens is 401 g/mol. The SMILES string of the molecule is C=CC(=O)N1C[C@@H](n2ccc(C(=O)NC)n2)[C@H](OCc2ccc(C(F)(F)F)cc2)C1. The van der Waals surface area contributed by atoms with Gasteiger partial charge in [-0.15, -0.1) is 0 Å². The fourth-order valence-corrected chi connectivity index (χ4v) is 3.25. The number of alkyl halides is 3. The Hall–Kier alpha value is -3.14. The van der Waals surface area contributed by atoms with Crippen LogP contribution in [0.5, 0.6) is 0 Å². The highest BCUT2D eigenvalue weighted by Gasteiger charge is 2.37. The highest BCUT2D eigenvalue weighted by Crippen LogP contribution is 2.30. The van der Waals surface area contributed by atoms with E-state index in [1.165, 1.54) is 25.3 Å². The number of amides is 2. The lowest BCUT2D eigenvalue weighted by Gasteiger charge is -2.19. The Morgan fingerprint density at radius 2 is 1.97 bits per heavy atom. The lowest BCUT2D eigenvalue weighted by molar-refractivity contribution is -0.137. The quantitative estimate of drug-likeness (QED) is 0.726. The van der Waals surface area contributed by atoms with Crippen LogP contribution in [0.2, 0.25) is 0 Å². The Bertz CT molecular complexity index is 924. The van der Waals surface area contributed by atoms with Crippen molar-refractivity contribution in [2.75, 3.05) is 20.1 Å². The predicted octanol–water partition coefficient (Wildman–Crippen LogP) is 2.42. The summed E-state index contributed by atoms with van der Waals surface area (Å²) in [5, 5.41) is 6.75. The van der Waals surface area contributed by atoms with E-state index >= 15 is 0 Å². The molecule has 0 unspecified atom stereocenters. The molecule has 1 aliphatic heterocycles. The van der Waals surface area contributed by atoms with Gasteiger partial charge in [0.25, 0.3) is 5.91 Å². The normalized spacial score (nSPS) is 19.0. The molecule has 7 nitrogen and oxygen atoms in total. The molecule has 0 spiro atoms. The molecule has 160 valence electrons. The summed E-state index contributed by atoms with van der Waals surface area (Å²) in [6.45, 7) is 4.13. The third kappa shape index (κ3) is 4.70. The molecule has 2 aromatic rings. The number of nitrogens with one attached hydrogen (secondary N) is 1. The number of carbonyl (C=O) groups excluding carboxylic acids is 2. The highest BCUT2D eigenvalue weighted by atomic mass is 19.4. The summed E-state index contributed by atoms with van der Waals surface area (Å²) >= 11 is 0. The zero-order valence-corrected chi connectivity index (χ0v) is 16.2. The summed E-state index contributed by atoms with van der Waals surface area (Å²) in [5.74, 6) is -0.604. The van der Waals surface area contributed by atoms with E-state index in [1.807, 2.05) is 0 Å². The first-order valence-electron chi connectivity index (χ1n) is 9.19. The molecule has 0 radical (unpaired) electrons. The standard InChI is InChI=1S/C20H21F3N4O3/c1-3-18(28)26-10-16(27-9-8-15(25-27)19(29)24-2)17(11-26)30-12-13-4-6-14(7-5-13)20(21,22)23/h3-9,16-17H,1,10-12H2,2H3,(H,24,29)/t16-,17-/m1/s1. The highest BCUT2D eigenvalue weighted by molar-refractivity contribution is 5.91. The average molecular weight is 422 g/mol. The van der Waals surface area contributed by atoms with Gasteiger partial charge in [0, 0.05) is 26.3 Å². The molecule has 0 saturated carbocycles. The third-order valence-corrected chi connectivity index (χ3v) is 4.88. The van der Waals surface area contributed by atoms with Gasteiger partial charge in [-0.05, 0) is 29.8 Å². The van der Waals surface area contributed by atoms with Crippen LogP contribution < -0.4 is 5.32 Å². The number of nitrogens with zero attached hydrogens (tertiary/aromatic N) is 3. The molecule has 0 aliphatic carbocycles. The summed E-state index contributed by atoms with van der Waals surface area (Å²) in [4.78, 5) is 25.4. The van der Waals surface area contributed by atoms with Crippen LogP contribution in [-0.4, -0.2) is 52.7 Å². The lowest BCUT2D eigenvalue weighted by atomic mass is 10.1. The van der Waals surface area contributed by atoms with Crippen LogP contribution in [0.25, 0.3) is 0 Å². The van der Waals surface area contributed by atoms with Gasteiger partial charge in [0.15, 0.2) is 0 Å². The number of likely N-dealkylation sites (tertiary alicyclic amines) is 1. The minimum absolute atomic E-state index is 0.0684. The van der Waals surface area contributed by atoms with Crippen LogP contribution >= 0.6 is 0 Å². The summed E-state index contributed by atoms with van der Waals surface area (Å²) in [5.41, 5.74) is 0.0697. The Morgan fingerprint density at radius 1 is 1.27 bits per heavy atom. The van der Waals surface area contributed by atoms with Gasteiger partial charge < -0.3 is 15.0 Å². The molecule has 1 aromatic heterocycles. The molecule has 1 aromatic carbocycles. The number of carbonyl (C=O) groups is 2. The fourth-order valence-electron chi connectivity index (χ4n) is 3.25. The second kappa shape index (κ2) is 8.70. The number of hydrogen-bond acceptors (Lipinski definition) is 4. The molecule has 0 bridgehead atoms. The van der Waals surface area contributed by atoms with Crippen LogP contribution in [0.4, 0.5) is 13.2 Å². The molecular formula is C20H21F3N4O3. The van der Waals surface area contributed by atoms with E-state index in [2.05, 4.69) is 17.0 Å². The smallest absolute Gasteiger partial charge is 0.369 e. The van der Waals surface area contributed by atoms with Crippen molar-refractivity contribution in [1.29, 1.82) is 0 Å². The monoisotopic (exact) mass is 422 g/mol. The zero-order chi connectivity index (χ0) is 21.9. The van der Waals surface area contributed by atoms with Crippen molar-refractivity contribution in [3.8, 4) is 0 Å². The minimum Gasteiger partial charge on any atom is -0.369 e. The summed E-state index contributed by atoms with van der Waals surface area (Å²) < 4.78 is 45.6. The molecule has 3 rings (SSSR count). The second-order valence-corrected chi connectivity index (χ2v) is 6.82. The average Bonchev–Trinajstić information content (AvgIpc) is 3.38. The number of halogens is 3. The first kappa shape index (κ1) is 21.6. The summed E-state index contributed by atoms with van der Waals surface area (Å²) in [7, 11) is 1.50. The molecule has 2 amide bonds. The first-order valence-corrected chi connectivity index (χ1v) is 9.19. The molecule has 1 aliphatic rings. The Balaban J connectivity index is 1.74. The van der Waals surface area contributed by atoms with Gasteiger partial charge in [-0.25, -0.2) is 0 Å². The van der Waals surface area contributed by atoms with Crippen molar-refractivity contribution in [3.63, 3.8) is 0 Å². The molecule has 1 saturated heterocycles. The van der Waals surface area contributed by atoms with Crippen LogP contribution in [0.15, 0.2) is 49.2 Å². The van der Waals surface area contributed by atoms with Gasteiger partial charge in [-0.2, -0.15) is 18.3 Å². The Labute approximate surface area is 171 Å². The molecule has 1 fully saturated rings. The maximum Gasteiger partial charge on any atom is 0.416 e. The van der Waals surface area contributed by atoms with Crippen LogP contribution in [0.3, 0.4) is 0 Å². The maximum atomic E-state index is 12.7. The molecule has 2 heterocycles. The van der Waals surface area contributed by atoms with Crippen molar-refractivity contribution in [1.82, 2.24) is 20.0 Å². The van der Waals surface area contributed by atoms with Gasteiger partial charge in [-0.1, -0.05) is 18.7 Å².